The van der Waals surface area contributed by atoms with Crippen LogP contribution in [0.1, 0.15) is 39.0 Å². The molecule has 0 bridgehead atoms. The maximum absolute atomic E-state index is 13.0. The van der Waals surface area contributed by atoms with E-state index < -0.39 is 21.9 Å². The van der Waals surface area contributed by atoms with E-state index in [-0.39, 0.29) is 28.4 Å². The molecule has 2 aromatic carbocycles. The first kappa shape index (κ1) is 24.7. The number of esters is 1. The Hall–Kier alpha value is -3.92. The molecule has 0 saturated heterocycles. The minimum absolute atomic E-state index is 0.0166. The van der Waals surface area contributed by atoms with Crippen molar-refractivity contribution in [3.05, 3.63) is 77.1 Å². The summed E-state index contributed by atoms with van der Waals surface area (Å²) in [7, 11) is -2.40. The van der Waals surface area contributed by atoms with Crippen molar-refractivity contribution >= 4 is 33.3 Å². The number of nitrogens with one attached hydrogen (secondary N) is 2. The van der Waals surface area contributed by atoms with E-state index in [1.807, 2.05) is 0 Å². The van der Waals surface area contributed by atoms with Gasteiger partial charge in [0, 0.05) is 11.4 Å². The van der Waals surface area contributed by atoms with E-state index in [1.54, 1.807) is 57.2 Å². The molecule has 0 aliphatic carbocycles. The number of aryl methyl sites for hydroxylation is 2. The van der Waals surface area contributed by atoms with E-state index in [0.717, 1.165) is 0 Å². The summed E-state index contributed by atoms with van der Waals surface area (Å²) in [4.78, 5) is 28.8. The molecule has 0 spiro atoms. The number of methoxy groups -OCH3 is 1. The molecule has 1 amide bonds. The number of carbonyl (C=O) groups excluding carboxylic acids is 2. The van der Waals surface area contributed by atoms with Crippen LogP contribution < -0.4 is 14.8 Å². The number of sulfonamides is 1. The second kappa shape index (κ2) is 10.3. The van der Waals surface area contributed by atoms with Gasteiger partial charge in [0.1, 0.15) is 11.4 Å². The molecular formula is C24H25N3O6S. The Labute approximate surface area is 198 Å². The van der Waals surface area contributed by atoms with Gasteiger partial charge in [-0.2, -0.15) is 0 Å². The molecule has 3 aromatic rings. The molecule has 0 saturated carbocycles. The molecule has 0 aliphatic rings. The number of carbonyl (C=O) groups is 2. The van der Waals surface area contributed by atoms with E-state index in [4.69, 9.17) is 9.47 Å². The molecule has 3 rings (SSSR count). The van der Waals surface area contributed by atoms with Crippen molar-refractivity contribution in [2.45, 2.75) is 25.7 Å². The lowest BCUT2D eigenvalue weighted by atomic mass is 10.1. The highest BCUT2D eigenvalue weighted by Gasteiger charge is 2.19. The first-order chi connectivity index (χ1) is 16.1. The Morgan fingerprint density at radius 1 is 0.971 bits per heavy atom. The van der Waals surface area contributed by atoms with Crippen LogP contribution in [0.4, 0.5) is 11.4 Å². The Morgan fingerprint density at radius 3 is 2.26 bits per heavy atom. The van der Waals surface area contributed by atoms with Crippen molar-refractivity contribution in [2.75, 3.05) is 23.8 Å². The van der Waals surface area contributed by atoms with Crippen molar-refractivity contribution in [3.63, 3.8) is 0 Å². The molecule has 2 N–H and O–H groups in total. The predicted molar refractivity (Wildman–Crippen MR) is 128 cm³/mol. The quantitative estimate of drug-likeness (QED) is 0.465. The minimum atomic E-state index is -3.92. The fourth-order valence-electron chi connectivity index (χ4n) is 3.14. The Bertz CT molecular complexity index is 1320. The molecule has 0 fully saturated rings. The van der Waals surface area contributed by atoms with Gasteiger partial charge in [0.25, 0.3) is 15.9 Å². The molecule has 9 nitrogen and oxygen atoms in total. The highest BCUT2D eigenvalue weighted by atomic mass is 32.2. The minimum Gasteiger partial charge on any atom is -0.497 e. The first-order valence-electron chi connectivity index (χ1n) is 10.4. The molecule has 0 unspecified atom stereocenters. The van der Waals surface area contributed by atoms with Gasteiger partial charge in [0.15, 0.2) is 0 Å². The molecule has 1 heterocycles. The van der Waals surface area contributed by atoms with Crippen LogP contribution in [0.15, 0.2) is 59.5 Å². The van der Waals surface area contributed by atoms with E-state index >= 15 is 0 Å². The van der Waals surface area contributed by atoms with Gasteiger partial charge in [-0.15, -0.1) is 0 Å². The van der Waals surface area contributed by atoms with Gasteiger partial charge in [-0.1, -0.05) is 6.07 Å². The number of rotatable bonds is 8. The zero-order valence-electron chi connectivity index (χ0n) is 19.2. The zero-order valence-corrected chi connectivity index (χ0v) is 20.0. The van der Waals surface area contributed by atoms with Gasteiger partial charge < -0.3 is 14.8 Å². The fraction of sp³-hybridized carbons (Fsp3) is 0.208. The number of benzene rings is 2. The van der Waals surface area contributed by atoms with Crippen LogP contribution in [-0.2, 0) is 14.8 Å². The number of anilines is 2. The van der Waals surface area contributed by atoms with E-state index in [1.165, 1.54) is 25.3 Å². The summed E-state index contributed by atoms with van der Waals surface area (Å²) in [6.07, 6.45) is 0. The van der Waals surface area contributed by atoms with Gasteiger partial charge in [-0.25, -0.2) is 18.2 Å². The van der Waals surface area contributed by atoms with Crippen LogP contribution in [0.5, 0.6) is 5.75 Å². The second-order valence-corrected chi connectivity index (χ2v) is 8.97. The molecule has 178 valence electrons. The number of hydrogen-bond donors (Lipinski definition) is 2. The average molecular weight is 484 g/mol. The summed E-state index contributed by atoms with van der Waals surface area (Å²) >= 11 is 0. The van der Waals surface area contributed by atoms with E-state index in [2.05, 4.69) is 15.0 Å². The standard InChI is InChI=1S/C24H25N3O6S/c1-5-33-24(29)20-12-13-21(25-16(20)3)23(28)26-18-7-6-15(2)22(14-18)34(30,31)27-17-8-10-19(32-4)11-9-17/h6-14,27H,5H2,1-4H3,(H,26,28). The number of pyridine rings is 1. The summed E-state index contributed by atoms with van der Waals surface area (Å²) in [5, 5.41) is 2.65. The molecule has 0 aliphatic heterocycles. The smallest absolute Gasteiger partial charge is 0.339 e. The largest absolute Gasteiger partial charge is 0.497 e. The number of aromatic nitrogens is 1. The summed E-state index contributed by atoms with van der Waals surface area (Å²) < 4.78 is 38.5. The highest BCUT2D eigenvalue weighted by Crippen LogP contribution is 2.24. The Kier molecular flexibility index (Phi) is 7.52. The predicted octanol–water partition coefficient (Wildman–Crippen LogP) is 3.94. The highest BCUT2D eigenvalue weighted by molar-refractivity contribution is 7.92. The van der Waals surface area contributed by atoms with Crippen molar-refractivity contribution in [2.24, 2.45) is 0 Å². The van der Waals surface area contributed by atoms with Crippen molar-refractivity contribution in [1.29, 1.82) is 0 Å². The van der Waals surface area contributed by atoms with E-state index in [0.29, 0.717) is 22.7 Å². The van der Waals surface area contributed by atoms with Gasteiger partial charge in [0.2, 0.25) is 0 Å². The van der Waals surface area contributed by atoms with Gasteiger partial charge in [0.05, 0.1) is 29.9 Å². The second-order valence-electron chi connectivity index (χ2n) is 7.32. The summed E-state index contributed by atoms with van der Waals surface area (Å²) in [6.45, 7) is 5.19. The fourth-order valence-corrected chi connectivity index (χ4v) is 4.47. The third kappa shape index (κ3) is 5.70. The maximum Gasteiger partial charge on any atom is 0.339 e. The summed E-state index contributed by atoms with van der Waals surface area (Å²) in [5.74, 6) is -0.464. The van der Waals surface area contributed by atoms with E-state index in [9.17, 15) is 18.0 Å². The summed E-state index contributed by atoms with van der Waals surface area (Å²) in [5.41, 5.74) is 1.85. The van der Waals surface area contributed by atoms with Crippen LogP contribution in [0.2, 0.25) is 0 Å². The lowest BCUT2D eigenvalue weighted by molar-refractivity contribution is 0.0524. The number of hydrogen-bond acceptors (Lipinski definition) is 7. The SMILES string of the molecule is CCOC(=O)c1ccc(C(=O)Nc2ccc(C)c(S(=O)(=O)Nc3ccc(OC)cc3)c2)nc1C. The molecular weight excluding hydrogens is 458 g/mol. The van der Waals surface area contributed by atoms with Crippen LogP contribution >= 0.6 is 0 Å². The number of ether oxygens (including phenoxy) is 2. The molecule has 1 aromatic heterocycles. The molecule has 0 radical (unpaired) electrons. The Balaban J connectivity index is 1.81. The van der Waals surface area contributed by atoms with Crippen molar-refractivity contribution in [3.8, 4) is 5.75 Å². The van der Waals surface area contributed by atoms with Crippen LogP contribution in [0.25, 0.3) is 0 Å². The van der Waals surface area contributed by atoms with Gasteiger partial charge in [-0.3, -0.25) is 9.52 Å². The topological polar surface area (TPSA) is 124 Å². The van der Waals surface area contributed by atoms with Gasteiger partial charge >= 0.3 is 5.97 Å². The third-order valence-electron chi connectivity index (χ3n) is 4.89. The number of amides is 1. The summed E-state index contributed by atoms with van der Waals surface area (Å²) in [6, 6.07) is 13.9. The van der Waals surface area contributed by atoms with Crippen molar-refractivity contribution in [1.82, 2.24) is 4.98 Å². The van der Waals surface area contributed by atoms with Crippen LogP contribution in [-0.4, -0.2) is 39.0 Å². The van der Waals surface area contributed by atoms with Crippen molar-refractivity contribution < 1.29 is 27.5 Å². The number of nitrogens with zero attached hydrogens (tertiary/aromatic N) is 1. The zero-order chi connectivity index (χ0) is 24.9. The maximum atomic E-state index is 13.0. The molecule has 10 heteroatoms. The first-order valence-corrected chi connectivity index (χ1v) is 11.9. The van der Waals surface area contributed by atoms with Crippen LogP contribution in [0, 0.1) is 13.8 Å². The lowest BCUT2D eigenvalue weighted by Crippen LogP contribution is -2.18. The molecule has 0 atom stereocenters. The Morgan fingerprint density at radius 2 is 1.65 bits per heavy atom. The third-order valence-corrected chi connectivity index (χ3v) is 6.41. The lowest BCUT2D eigenvalue weighted by Gasteiger charge is -2.13. The normalized spacial score (nSPS) is 10.9. The monoisotopic (exact) mass is 483 g/mol. The van der Waals surface area contributed by atoms with Gasteiger partial charge in [-0.05, 0) is 74.9 Å². The molecule has 34 heavy (non-hydrogen) atoms. The van der Waals surface area contributed by atoms with Crippen LogP contribution in [0.3, 0.4) is 0 Å². The average Bonchev–Trinajstić information content (AvgIpc) is 2.80.